The highest BCUT2D eigenvalue weighted by Crippen LogP contribution is 2.24. The molecule has 2 aliphatic rings. The Morgan fingerprint density at radius 2 is 1.93 bits per heavy atom. The number of H-pyrrole nitrogens is 1. The highest BCUT2D eigenvalue weighted by molar-refractivity contribution is 5.95. The van der Waals surface area contributed by atoms with Crippen LogP contribution in [0.1, 0.15) is 40.9 Å². The molecule has 0 bridgehead atoms. The molecule has 30 heavy (non-hydrogen) atoms. The second kappa shape index (κ2) is 7.65. The molecule has 2 N–H and O–H groups in total. The number of aromatic amines is 1. The number of likely N-dealkylation sites (tertiary alicyclic amines) is 1. The van der Waals surface area contributed by atoms with Crippen LogP contribution >= 0.6 is 0 Å². The Balaban J connectivity index is 1.38. The van der Waals surface area contributed by atoms with Gasteiger partial charge in [-0.3, -0.25) is 9.59 Å². The van der Waals surface area contributed by atoms with Gasteiger partial charge in [0.1, 0.15) is 5.82 Å². The molecule has 1 unspecified atom stereocenters. The van der Waals surface area contributed by atoms with Gasteiger partial charge in [0.15, 0.2) is 0 Å². The van der Waals surface area contributed by atoms with Crippen LogP contribution in [-0.2, 0) is 6.42 Å². The molecule has 2 fully saturated rings. The number of rotatable bonds is 5. The maximum atomic E-state index is 14.5. The van der Waals surface area contributed by atoms with Crippen molar-refractivity contribution < 1.29 is 9.18 Å². The number of nitrogens with zero attached hydrogens (tertiary/aromatic N) is 2. The number of carbonyl (C=O) groups excluding carboxylic acids is 1. The zero-order chi connectivity index (χ0) is 20.7. The van der Waals surface area contributed by atoms with E-state index in [1.165, 1.54) is 18.9 Å². The lowest BCUT2D eigenvalue weighted by molar-refractivity contribution is 0.0784. The molecule has 2 aromatic carbocycles. The molecule has 0 radical (unpaired) electrons. The first-order chi connectivity index (χ1) is 14.6. The fourth-order valence-electron chi connectivity index (χ4n) is 4.18. The molecule has 1 saturated carbocycles. The third-order valence-corrected chi connectivity index (χ3v) is 5.93. The molecule has 1 saturated heterocycles. The Kier molecular flexibility index (Phi) is 4.83. The predicted molar refractivity (Wildman–Crippen MR) is 112 cm³/mol. The van der Waals surface area contributed by atoms with Crippen LogP contribution in [0.25, 0.3) is 10.8 Å². The summed E-state index contributed by atoms with van der Waals surface area (Å²) in [6.07, 6.45) is 3.70. The molecular weight excluding hydrogens is 383 g/mol. The zero-order valence-electron chi connectivity index (χ0n) is 16.5. The van der Waals surface area contributed by atoms with E-state index in [1.54, 1.807) is 29.2 Å². The van der Waals surface area contributed by atoms with Crippen molar-refractivity contribution in [2.45, 2.75) is 37.8 Å². The summed E-state index contributed by atoms with van der Waals surface area (Å²) in [6, 6.07) is 12.7. The van der Waals surface area contributed by atoms with Gasteiger partial charge in [-0.1, -0.05) is 24.3 Å². The van der Waals surface area contributed by atoms with Crippen LogP contribution < -0.4 is 10.9 Å². The Labute approximate surface area is 173 Å². The van der Waals surface area contributed by atoms with Gasteiger partial charge >= 0.3 is 0 Å². The minimum atomic E-state index is -0.512. The molecule has 1 aliphatic heterocycles. The topological polar surface area (TPSA) is 78.1 Å². The van der Waals surface area contributed by atoms with Gasteiger partial charge in [0, 0.05) is 37.0 Å². The second-order valence-corrected chi connectivity index (χ2v) is 8.21. The highest BCUT2D eigenvalue weighted by Gasteiger charge is 2.32. The van der Waals surface area contributed by atoms with Crippen LogP contribution in [0.3, 0.4) is 0 Å². The van der Waals surface area contributed by atoms with Crippen molar-refractivity contribution in [2.24, 2.45) is 0 Å². The minimum absolute atomic E-state index is 0.0910. The Hall–Kier alpha value is -3.06. The van der Waals surface area contributed by atoms with E-state index in [-0.39, 0.29) is 17.0 Å². The molecule has 1 amide bonds. The first-order valence-corrected chi connectivity index (χ1v) is 10.4. The van der Waals surface area contributed by atoms with Gasteiger partial charge in [0.05, 0.1) is 16.6 Å². The fourth-order valence-corrected chi connectivity index (χ4v) is 4.18. The maximum Gasteiger partial charge on any atom is 0.272 e. The summed E-state index contributed by atoms with van der Waals surface area (Å²) in [7, 11) is 0. The van der Waals surface area contributed by atoms with E-state index in [0.29, 0.717) is 42.7 Å². The third-order valence-electron chi connectivity index (χ3n) is 5.93. The number of hydrogen-bond donors (Lipinski definition) is 2. The molecule has 154 valence electrons. The third kappa shape index (κ3) is 3.73. The summed E-state index contributed by atoms with van der Waals surface area (Å²) in [5, 5.41) is 11.6. The number of nitrogens with one attached hydrogen (secondary N) is 2. The molecule has 1 aliphatic carbocycles. The molecule has 1 atom stereocenters. The Morgan fingerprint density at radius 3 is 2.73 bits per heavy atom. The zero-order valence-corrected chi connectivity index (χ0v) is 16.5. The SMILES string of the molecule is O=C(c1cc(Cc2n[nH]c(=O)c3ccccc23)ccc1F)N1CCC(NC2CC2)C1. The minimum Gasteiger partial charge on any atom is -0.337 e. The van der Waals surface area contributed by atoms with Crippen LogP contribution in [-0.4, -0.2) is 46.2 Å². The molecule has 7 heteroatoms. The Morgan fingerprint density at radius 1 is 1.13 bits per heavy atom. The number of aromatic nitrogens is 2. The molecule has 2 heterocycles. The molecule has 6 nitrogen and oxygen atoms in total. The first-order valence-electron chi connectivity index (χ1n) is 10.4. The lowest BCUT2D eigenvalue weighted by Crippen LogP contribution is -2.36. The quantitative estimate of drug-likeness (QED) is 0.683. The number of halogens is 1. The predicted octanol–water partition coefficient (Wildman–Crippen LogP) is 2.62. The summed E-state index contributed by atoms with van der Waals surface area (Å²) >= 11 is 0. The lowest BCUT2D eigenvalue weighted by Gasteiger charge is -2.18. The van der Waals surface area contributed by atoms with Crippen molar-refractivity contribution in [3.8, 4) is 0 Å². The van der Waals surface area contributed by atoms with Gasteiger partial charge in [-0.15, -0.1) is 0 Å². The standard InChI is InChI=1S/C23H23FN4O2/c24-20-8-5-14(12-21-17-3-1-2-4-18(17)22(29)27-26-21)11-19(20)23(30)28-10-9-16(13-28)25-15-6-7-15/h1-5,8,11,15-16,25H,6-7,9-10,12-13H2,(H,27,29). The Bertz CT molecular complexity index is 1170. The van der Waals surface area contributed by atoms with Crippen molar-refractivity contribution in [1.82, 2.24) is 20.4 Å². The van der Waals surface area contributed by atoms with E-state index >= 15 is 0 Å². The van der Waals surface area contributed by atoms with Gasteiger partial charge in [-0.25, -0.2) is 9.49 Å². The van der Waals surface area contributed by atoms with Crippen molar-refractivity contribution in [3.63, 3.8) is 0 Å². The molecule has 0 spiro atoms. The molecule has 1 aromatic heterocycles. The average Bonchev–Trinajstić information content (AvgIpc) is 3.45. The van der Waals surface area contributed by atoms with Crippen LogP contribution in [0.2, 0.25) is 0 Å². The van der Waals surface area contributed by atoms with Crippen molar-refractivity contribution in [1.29, 1.82) is 0 Å². The summed E-state index contributed by atoms with van der Waals surface area (Å²) in [5.74, 6) is -0.782. The number of carbonyl (C=O) groups is 1. The molecule has 3 aromatic rings. The number of amides is 1. The fraction of sp³-hybridized carbons (Fsp3) is 0.348. The monoisotopic (exact) mass is 406 g/mol. The van der Waals surface area contributed by atoms with Gasteiger partial charge in [-0.05, 0) is 43.0 Å². The van der Waals surface area contributed by atoms with Crippen LogP contribution in [0.4, 0.5) is 4.39 Å². The summed E-state index contributed by atoms with van der Waals surface area (Å²) in [4.78, 5) is 26.7. The van der Waals surface area contributed by atoms with Crippen molar-refractivity contribution in [3.05, 3.63) is 75.5 Å². The van der Waals surface area contributed by atoms with Crippen LogP contribution in [0, 0.1) is 5.82 Å². The van der Waals surface area contributed by atoms with Crippen LogP contribution in [0.15, 0.2) is 47.3 Å². The average molecular weight is 406 g/mol. The second-order valence-electron chi connectivity index (χ2n) is 8.21. The van der Waals surface area contributed by atoms with E-state index < -0.39 is 5.82 Å². The van der Waals surface area contributed by atoms with Gasteiger partial charge in [-0.2, -0.15) is 5.10 Å². The lowest BCUT2D eigenvalue weighted by atomic mass is 10.0. The van der Waals surface area contributed by atoms with Gasteiger partial charge < -0.3 is 10.2 Å². The van der Waals surface area contributed by atoms with E-state index in [0.717, 1.165) is 17.4 Å². The van der Waals surface area contributed by atoms with Crippen LogP contribution in [0.5, 0.6) is 0 Å². The number of benzene rings is 2. The van der Waals surface area contributed by atoms with Gasteiger partial charge in [0.25, 0.3) is 11.5 Å². The largest absolute Gasteiger partial charge is 0.337 e. The summed E-state index contributed by atoms with van der Waals surface area (Å²) < 4.78 is 14.5. The summed E-state index contributed by atoms with van der Waals surface area (Å²) in [5.41, 5.74) is 1.31. The van der Waals surface area contributed by atoms with E-state index in [9.17, 15) is 14.0 Å². The van der Waals surface area contributed by atoms with Gasteiger partial charge in [0.2, 0.25) is 0 Å². The van der Waals surface area contributed by atoms with E-state index in [2.05, 4.69) is 15.5 Å². The van der Waals surface area contributed by atoms with E-state index in [1.807, 2.05) is 12.1 Å². The number of hydrogen-bond acceptors (Lipinski definition) is 4. The molecular formula is C23H23FN4O2. The molecule has 5 rings (SSSR count). The first kappa shape index (κ1) is 18.9. The van der Waals surface area contributed by atoms with Crippen molar-refractivity contribution in [2.75, 3.05) is 13.1 Å². The van der Waals surface area contributed by atoms with Crippen molar-refractivity contribution >= 4 is 16.7 Å². The maximum absolute atomic E-state index is 14.5. The normalized spacial score (nSPS) is 18.8. The van der Waals surface area contributed by atoms with E-state index in [4.69, 9.17) is 0 Å². The smallest absolute Gasteiger partial charge is 0.272 e. The highest BCUT2D eigenvalue weighted by atomic mass is 19.1. The number of fused-ring (bicyclic) bond motifs is 1. The summed E-state index contributed by atoms with van der Waals surface area (Å²) in [6.45, 7) is 1.25.